The van der Waals surface area contributed by atoms with E-state index < -0.39 is 0 Å². The zero-order chi connectivity index (χ0) is 13.4. The molecule has 3 aromatic rings. The van der Waals surface area contributed by atoms with Crippen molar-refractivity contribution < 1.29 is 0 Å². The third-order valence-electron chi connectivity index (χ3n) is 3.15. The van der Waals surface area contributed by atoms with E-state index in [1.54, 1.807) is 15.9 Å². The largest absolute Gasteiger partial charge is 0.323 e. The summed E-state index contributed by atoms with van der Waals surface area (Å²) in [7, 11) is 0. The Hall–Kier alpha value is -1.91. The van der Waals surface area contributed by atoms with Crippen LogP contribution >= 0.6 is 11.3 Å². The van der Waals surface area contributed by atoms with Crippen LogP contribution in [0.4, 0.5) is 0 Å². The molecule has 0 amide bonds. The molecule has 2 heterocycles. The molecule has 0 spiro atoms. The van der Waals surface area contributed by atoms with Gasteiger partial charge in [0.15, 0.2) is 0 Å². The Kier molecular flexibility index (Phi) is 2.97. The highest BCUT2D eigenvalue weighted by molar-refractivity contribution is 7.17. The Balaban J connectivity index is 2.41. The van der Waals surface area contributed by atoms with Crippen LogP contribution in [0.2, 0.25) is 0 Å². The average molecular weight is 270 g/mol. The number of hydrogen-bond donors (Lipinski definition) is 1. The van der Waals surface area contributed by atoms with Gasteiger partial charge in [0.1, 0.15) is 0 Å². The van der Waals surface area contributed by atoms with Gasteiger partial charge in [-0.2, -0.15) is 0 Å². The Bertz CT molecular complexity index is 772. The van der Waals surface area contributed by atoms with Crippen LogP contribution in [0.25, 0.3) is 15.8 Å². The van der Waals surface area contributed by atoms with Crippen LogP contribution in [0.15, 0.2) is 52.6 Å². The summed E-state index contributed by atoms with van der Waals surface area (Å²) in [5, 5.41) is 2.69. The summed E-state index contributed by atoms with van der Waals surface area (Å²) in [6.07, 6.45) is 0. The fourth-order valence-corrected chi connectivity index (χ4v) is 3.05. The zero-order valence-corrected chi connectivity index (χ0v) is 11.4. The minimum atomic E-state index is -0.195. The number of benzene rings is 1. The zero-order valence-electron chi connectivity index (χ0n) is 10.5. The van der Waals surface area contributed by atoms with Crippen molar-refractivity contribution in [1.82, 2.24) is 4.57 Å². The fourth-order valence-electron chi connectivity index (χ4n) is 2.22. The van der Waals surface area contributed by atoms with Crippen molar-refractivity contribution in [2.45, 2.75) is 13.0 Å². The highest BCUT2D eigenvalue weighted by Gasteiger charge is 2.14. The molecule has 1 unspecified atom stereocenters. The molecule has 0 fully saturated rings. The Morgan fingerprint density at radius 3 is 2.63 bits per heavy atom. The Labute approximate surface area is 114 Å². The first-order chi connectivity index (χ1) is 9.18. The number of thiophene rings is 1. The quantitative estimate of drug-likeness (QED) is 0.778. The number of pyridine rings is 1. The summed E-state index contributed by atoms with van der Waals surface area (Å²) < 4.78 is 2.70. The molecule has 1 aromatic carbocycles. The van der Waals surface area contributed by atoms with E-state index in [2.05, 4.69) is 0 Å². The van der Waals surface area contributed by atoms with E-state index in [0.29, 0.717) is 0 Å². The summed E-state index contributed by atoms with van der Waals surface area (Å²) in [5.41, 5.74) is 7.72. The van der Waals surface area contributed by atoms with Gasteiger partial charge in [0.2, 0.25) is 0 Å². The molecule has 0 aliphatic carbocycles. The molecule has 96 valence electrons. The summed E-state index contributed by atoms with van der Waals surface area (Å²) in [4.78, 5) is 12.6. The first-order valence-corrected chi connectivity index (χ1v) is 7.00. The van der Waals surface area contributed by atoms with Gasteiger partial charge in [-0.05, 0) is 36.6 Å². The average Bonchev–Trinajstić information content (AvgIpc) is 2.88. The van der Waals surface area contributed by atoms with E-state index in [4.69, 9.17) is 5.73 Å². The molecule has 2 N–H and O–H groups in total. The first-order valence-electron chi connectivity index (χ1n) is 6.12. The highest BCUT2D eigenvalue weighted by Crippen LogP contribution is 2.23. The summed E-state index contributed by atoms with van der Waals surface area (Å²) in [5.74, 6) is 0. The standard InChI is InChI=1S/C15H14N2OS/c1-10(16)13-9-14-12(7-8-19-14)15(18)17(13)11-5-3-2-4-6-11/h2-10H,16H2,1H3. The van der Waals surface area contributed by atoms with Crippen molar-refractivity contribution in [2.75, 3.05) is 0 Å². The summed E-state index contributed by atoms with van der Waals surface area (Å²) in [6.45, 7) is 1.90. The normalized spacial score (nSPS) is 12.7. The van der Waals surface area contributed by atoms with E-state index in [1.807, 2.05) is 54.8 Å². The predicted molar refractivity (Wildman–Crippen MR) is 80.0 cm³/mol. The fraction of sp³-hybridized carbons (Fsp3) is 0.133. The van der Waals surface area contributed by atoms with E-state index in [-0.39, 0.29) is 11.6 Å². The molecule has 4 heteroatoms. The second kappa shape index (κ2) is 4.64. The molecule has 2 aromatic heterocycles. The van der Waals surface area contributed by atoms with Crippen molar-refractivity contribution in [3.05, 3.63) is 63.9 Å². The van der Waals surface area contributed by atoms with Gasteiger partial charge in [-0.1, -0.05) is 18.2 Å². The second-order valence-corrected chi connectivity index (χ2v) is 5.48. The minimum absolute atomic E-state index is 0.00255. The molecule has 0 saturated heterocycles. The van der Waals surface area contributed by atoms with E-state index in [0.717, 1.165) is 21.5 Å². The van der Waals surface area contributed by atoms with E-state index >= 15 is 0 Å². The number of aromatic nitrogens is 1. The Morgan fingerprint density at radius 1 is 1.21 bits per heavy atom. The smallest absolute Gasteiger partial charge is 0.264 e. The van der Waals surface area contributed by atoms with Crippen LogP contribution in [0, 0.1) is 0 Å². The second-order valence-electron chi connectivity index (χ2n) is 4.53. The molecule has 0 radical (unpaired) electrons. The topological polar surface area (TPSA) is 48.0 Å². The first kappa shape index (κ1) is 12.1. The van der Waals surface area contributed by atoms with Crippen molar-refractivity contribution >= 4 is 21.4 Å². The lowest BCUT2D eigenvalue weighted by molar-refractivity contribution is 0.735. The highest BCUT2D eigenvalue weighted by atomic mass is 32.1. The number of nitrogens with two attached hydrogens (primary N) is 1. The maximum atomic E-state index is 12.6. The number of hydrogen-bond acceptors (Lipinski definition) is 3. The molecule has 0 saturated carbocycles. The number of para-hydroxylation sites is 1. The number of fused-ring (bicyclic) bond motifs is 1. The van der Waals surface area contributed by atoms with Gasteiger partial charge in [-0.15, -0.1) is 11.3 Å². The SMILES string of the molecule is CC(N)c1cc2sccc2c(=O)n1-c1ccccc1. The van der Waals surface area contributed by atoms with Crippen LogP contribution in [0.1, 0.15) is 18.7 Å². The molecule has 0 aliphatic heterocycles. The molecule has 1 atom stereocenters. The van der Waals surface area contributed by atoms with Gasteiger partial charge in [0.05, 0.1) is 5.39 Å². The van der Waals surface area contributed by atoms with Crippen molar-refractivity contribution in [2.24, 2.45) is 5.73 Å². The predicted octanol–water partition coefficient (Wildman–Crippen LogP) is 3.07. The number of nitrogens with zero attached hydrogens (tertiary/aromatic N) is 1. The van der Waals surface area contributed by atoms with Crippen LogP contribution in [0.5, 0.6) is 0 Å². The van der Waals surface area contributed by atoms with Gasteiger partial charge in [-0.25, -0.2) is 0 Å². The van der Waals surface area contributed by atoms with Gasteiger partial charge < -0.3 is 5.73 Å². The van der Waals surface area contributed by atoms with Crippen LogP contribution < -0.4 is 11.3 Å². The minimum Gasteiger partial charge on any atom is -0.323 e. The maximum absolute atomic E-state index is 12.6. The van der Waals surface area contributed by atoms with Crippen LogP contribution in [-0.4, -0.2) is 4.57 Å². The van der Waals surface area contributed by atoms with Crippen LogP contribution in [-0.2, 0) is 0 Å². The lowest BCUT2D eigenvalue weighted by atomic mass is 10.1. The lowest BCUT2D eigenvalue weighted by Crippen LogP contribution is -2.25. The van der Waals surface area contributed by atoms with Gasteiger partial charge >= 0.3 is 0 Å². The maximum Gasteiger partial charge on any atom is 0.264 e. The summed E-state index contributed by atoms with van der Waals surface area (Å²) in [6, 6.07) is 13.3. The van der Waals surface area contributed by atoms with Crippen molar-refractivity contribution in [3.8, 4) is 5.69 Å². The number of rotatable bonds is 2. The molecule has 3 rings (SSSR count). The molecule has 3 nitrogen and oxygen atoms in total. The van der Waals surface area contributed by atoms with Crippen molar-refractivity contribution in [1.29, 1.82) is 0 Å². The molecule has 0 bridgehead atoms. The van der Waals surface area contributed by atoms with E-state index in [1.165, 1.54) is 0 Å². The van der Waals surface area contributed by atoms with Crippen LogP contribution in [0.3, 0.4) is 0 Å². The Morgan fingerprint density at radius 2 is 1.95 bits per heavy atom. The lowest BCUT2D eigenvalue weighted by Gasteiger charge is -2.16. The molecule has 0 aliphatic rings. The monoisotopic (exact) mass is 270 g/mol. The molecular formula is C15H14N2OS. The van der Waals surface area contributed by atoms with Gasteiger partial charge in [0, 0.05) is 22.1 Å². The third kappa shape index (κ3) is 1.99. The van der Waals surface area contributed by atoms with E-state index in [9.17, 15) is 4.79 Å². The molecule has 19 heavy (non-hydrogen) atoms. The van der Waals surface area contributed by atoms with Gasteiger partial charge in [-0.3, -0.25) is 9.36 Å². The third-order valence-corrected chi connectivity index (χ3v) is 4.01. The molecular weight excluding hydrogens is 256 g/mol. The summed E-state index contributed by atoms with van der Waals surface area (Å²) >= 11 is 1.57. The van der Waals surface area contributed by atoms with Crippen molar-refractivity contribution in [3.63, 3.8) is 0 Å². The van der Waals surface area contributed by atoms with Gasteiger partial charge in [0.25, 0.3) is 5.56 Å².